The average Bonchev–Trinajstić information content (AvgIpc) is 2.27. The first-order valence-corrected chi connectivity index (χ1v) is 5.64. The first kappa shape index (κ1) is 13.6. The fraction of sp³-hybridized carbons (Fsp3) is 0.300. The van der Waals surface area contributed by atoms with Gasteiger partial charge in [-0.1, -0.05) is 28.3 Å². The largest absolute Gasteiger partial charge is 0.352 e. The van der Waals surface area contributed by atoms with E-state index >= 15 is 0 Å². The lowest BCUT2D eigenvalue weighted by molar-refractivity contribution is 0.0953. The number of nitrogens with one attached hydrogen (secondary N) is 1. The van der Waals surface area contributed by atoms with Crippen molar-refractivity contribution in [3.05, 3.63) is 44.3 Å². The van der Waals surface area contributed by atoms with Gasteiger partial charge in [-0.2, -0.15) is 0 Å². The Kier molecular flexibility index (Phi) is 5.63. The van der Waals surface area contributed by atoms with E-state index in [1.54, 1.807) is 6.07 Å². The molecular weight excluding hydrogens is 263 g/mol. The first-order valence-electron chi connectivity index (χ1n) is 4.88. The zero-order valence-corrected chi connectivity index (χ0v) is 10.4. The summed E-state index contributed by atoms with van der Waals surface area (Å²) >= 11 is 11.6. The molecule has 1 rings (SSSR count). The van der Waals surface area contributed by atoms with E-state index in [0.717, 1.165) is 0 Å². The number of rotatable bonds is 5. The third-order valence-electron chi connectivity index (χ3n) is 1.91. The molecule has 0 radical (unpaired) electrons. The molecule has 0 aliphatic heterocycles. The molecule has 1 aromatic carbocycles. The van der Waals surface area contributed by atoms with E-state index in [4.69, 9.17) is 28.7 Å². The van der Waals surface area contributed by atoms with E-state index < -0.39 is 0 Å². The van der Waals surface area contributed by atoms with E-state index in [1.165, 1.54) is 12.1 Å². The monoisotopic (exact) mass is 272 g/mol. The first-order chi connectivity index (χ1) is 8.13. The second-order valence-electron chi connectivity index (χ2n) is 3.22. The molecule has 0 saturated heterocycles. The minimum Gasteiger partial charge on any atom is -0.352 e. The summed E-state index contributed by atoms with van der Waals surface area (Å²) in [4.78, 5) is 14.3. The molecule has 0 aromatic heterocycles. The fourth-order valence-electron chi connectivity index (χ4n) is 1.18. The van der Waals surface area contributed by atoms with Gasteiger partial charge < -0.3 is 5.32 Å². The van der Waals surface area contributed by atoms with Crippen molar-refractivity contribution < 1.29 is 4.79 Å². The van der Waals surface area contributed by atoms with Gasteiger partial charge in [0.25, 0.3) is 5.91 Å². The molecule has 7 heteroatoms. The van der Waals surface area contributed by atoms with E-state index in [0.29, 0.717) is 35.1 Å². The highest BCUT2D eigenvalue weighted by atomic mass is 35.5. The molecule has 90 valence electrons. The maximum atomic E-state index is 11.6. The minimum absolute atomic E-state index is 0.254. The molecule has 0 aliphatic rings. The summed E-state index contributed by atoms with van der Waals surface area (Å²) in [6.07, 6.45) is 0.587. The van der Waals surface area contributed by atoms with Crippen LogP contribution in [0.3, 0.4) is 0 Å². The maximum Gasteiger partial charge on any atom is 0.251 e. The van der Waals surface area contributed by atoms with Gasteiger partial charge in [-0.15, -0.1) is 0 Å². The highest BCUT2D eigenvalue weighted by Crippen LogP contribution is 2.18. The Bertz CT molecular complexity index is 437. The highest BCUT2D eigenvalue weighted by molar-refractivity contribution is 6.35. The van der Waals surface area contributed by atoms with Crippen molar-refractivity contribution >= 4 is 29.1 Å². The molecule has 1 amide bonds. The third kappa shape index (κ3) is 4.95. The molecule has 5 nitrogen and oxygen atoms in total. The van der Waals surface area contributed by atoms with Crippen LogP contribution < -0.4 is 5.32 Å². The molecule has 0 bridgehead atoms. The Morgan fingerprint density at radius 2 is 2.00 bits per heavy atom. The lowest BCUT2D eigenvalue weighted by Crippen LogP contribution is -2.24. The lowest BCUT2D eigenvalue weighted by atomic mass is 10.2. The maximum absolute atomic E-state index is 11.6. The number of hydrogen-bond donors (Lipinski definition) is 1. The molecule has 0 heterocycles. The van der Waals surface area contributed by atoms with Gasteiger partial charge in [0.05, 0.1) is 0 Å². The van der Waals surface area contributed by atoms with Crippen molar-refractivity contribution in [3.8, 4) is 0 Å². The Morgan fingerprint density at radius 1 is 1.35 bits per heavy atom. The van der Waals surface area contributed by atoms with Gasteiger partial charge in [0.15, 0.2) is 0 Å². The van der Waals surface area contributed by atoms with Crippen molar-refractivity contribution in [3.63, 3.8) is 0 Å². The van der Waals surface area contributed by atoms with Crippen molar-refractivity contribution in [2.24, 2.45) is 5.11 Å². The van der Waals surface area contributed by atoms with Gasteiger partial charge in [-0.3, -0.25) is 4.79 Å². The molecular formula is C10H10Cl2N4O. The Morgan fingerprint density at radius 3 is 2.59 bits per heavy atom. The number of hydrogen-bond acceptors (Lipinski definition) is 2. The van der Waals surface area contributed by atoms with Crippen LogP contribution in [0.1, 0.15) is 16.8 Å². The van der Waals surface area contributed by atoms with Crippen molar-refractivity contribution in [2.45, 2.75) is 6.42 Å². The van der Waals surface area contributed by atoms with Crippen LogP contribution in [-0.4, -0.2) is 19.0 Å². The molecule has 1 N–H and O–H groups in total. The average molecular weight is 273 g/mol. The molecule has 17 heavy (non-hydrogen) atoms. The fourth-order valence-corrected chi connectivity index (χ4v) is 1.71. The molecule has 0 atom stereocenters. The lowest BCUT2D eigenvalue weighted by Gasteiger charge is -2.05. The van der Waals surface area contributed by atoms with Gasteiger partial charge in [-0.25, -0.2) is 0 Å². The summed E-state index contributed by atoms with van der Waals surface area (Å²) in [6, 6.07) is 4.63. The zero-order valence-electron chi connectivity index (χ0n) is 8.86. The summed E-state index contributed by atoms with van der Waals surface area (Å²) in [7, 11) is 0. The summed E-state index contributed by atoms with van der Waals surface area (Å²) in [5.41, 5.74) is 8.46. The van der Waals surface area contributed by atoms with Gasteiger partial charge in [0.2, 0.25) is 0 Å². The number of benzene rings is 1. The number of nitrogens with zero attached hydrogens (tertiary/aromatic N) is 3. The molecule has 0 fully saturated rings. The molecule has 0 spiro atoms. The summed E-state index contributed by atoms with van der Waals surface area (Å²) in [6.45, 7) is 0.787. The second kappa shape index (κ2) is 7.01. The summed E-state index contributed by atoms with van der Waals surface area (Å²) in [5.74, 6) is -0.254. The summed E-state index contributed by atoms with van der Waals surface area (Å²) in [5, 5.41) is 6.86. The highest BCUT2D eigenvalue weighted by Gasteiger charge is 2.06. The zero-order chi connectivity index (χ0) is 12.7. The second-order valence-corrected chi connectivity index (χ2v) is 4.09. The van der Waals surface area contributed by atoms with Crippen LogP contribution in [0.2, 0.25) is 10.0 Å². The van der Waals surface area contributed by atoms with Crippen molar-refractivity contribution in [2.75, 3.05) is 13.1 Å². The van der Waals surface area contributed by atoms with Gasteiger partial charge >= 0.3 is 0 Å². The molecule has 0 saturated carbocycles. The van der Waals surface area contributed by atoms with Crippen LogP contribution in [0.25, 0.3) is 10.4 Å². The van der Waals surface area contributed by atoms with E-state index in [-0.39, 0.29) is 5.91 Å². The number of halogens is 2. The quantitative estimate of drug-likeness (QED) is 0.379. The van der Waals surface area contributed by atoms with E-state index in [9.17, 15) is 4.79 Å². The molecule has 0 aliphatic carbocycles. The number of amides is 1. The molecule has 0 unspecified atom stereocenters. The van der Waals surface area contributed by atoms with Crippen molar-refractivity contribution in [1.29, 1.82) is 0 Å². The van der Waals surface area contributed by atoms with Crippen LogP contribution in [0, 0.1) is 0 Å². The number of azide groups is 1. The normalized spacial score (nSPS) is 9.53. The standard InChI is InChI=1S/C10H10Cl2N4O/c11-8-4-7(5-9(12)6-8)10(17)14-2-1-3-15-16-13/h4-6H,1-3H2,(H,14,17). The van der Waals surface area contributed by atoms with Crippen molar-refractivity contribution in [1.82, 2.24) is 5.32 Å². The van der Waals surface area contributed by atoms with Crippen LogP contribution in [0.4, 0.5) is 0 Å². The topological polar surface area (TPSA) is 77.9 Å². The number of carbonyl (C=O) groups is 1. The van der Waals surface area contributed by atoms with E-state index in [1.807, 2.05) is 0 Å². The van der Waals surface area contributed by atoms with Crippen LogP contribution in [0.15, 0.2) is 23.3 Å². The van der Waals surface area contributed by atoms with Gasteiger partial charge in [0, 0.05) is 33.6 Å². The predicted octanol–water partition coefficient (Wildman–Crippen LogP) is 3.42. The van der Waals surface area contributed by atoms with E-state index in [2.05, 4.69) is 15.3 Å². The SMILES string of the molecule is [N-]=[N+]=NCCCNC(=O)c1cc(Cl)cc(Cl)c1. The third-order valence-corrected chi connectivity index (χ3v) is 2.34. The Balaban J connectivity index is 2.49. The smallest absolute Gasteiger partial charge is 0.251 e. The minimum atomic E-state index is -0.254. The summed E-state index contributed by atoms with van der Waals surface area (Å²) < 4.78 is 0. The number of carbonyl (C=O) groups excluding carboxylic acids is 1. The molecule has 1 aromatic rings. The predicted molar refractivity (Wildman–Crippen MR) is 67.4 cm³/mol. The Labute approximate surface area is 108 Å². The van der Waals surface area contributed by atoms with Gasteiger partial charge in [-0.05, 0) is 30.2 Å². The van der Waals surface area contributed by atoms with Gasteiger partial charge in [0.1, 0.15) is 0 Å². The van der Waals surface area contributed by atoms with Crippen LogP contribution in [-0.2, 0) is 0 Å². The van der Waals surface area contributed by atoms with Crippen LogP contribution >= 0.6 is 23.2 Å². The Hall–Kier alpha value is -1.42. The van der Waals surface area contributed by atoms with Crippen LogP contribution in [0.5, 0.6) is 0 Å².